The minimum atomic E-state index is -1.35. The van der Waals surface area contributed by atoms with Gasteiger partial charge in [0, 0.05) is 31.4 Å². The molecule has 5 unspecified atom stereocenters. The number of allylic oxidation sites excluding steroid dienone is 2. The van der Waals surface area contributed by atoms with Crippen LogP contribution in [0.1, 0.15) is 73.6 Å². The lowest BCUT2D eigenvalue weighted by molar-refractivity contribution is -0.187. The zero-order chi connectivity index (χ0) is 30.7. The van der Waals surface area contributed by atoms with Crippen LogP contribution in [0.25, 0.3) is 0 Å². The zero-order valence-corrected chi connectivity index (χ0v) is 25.2. The summed E-state index contributed by atoms with van der Waals surface area (Å²) in [5, 5.41) is 33.2. The summed E-state index contributed by atoms with van der Waals surface area (Å²) >= 11 is 0. The van der Waals surface area contributed by atoms with E-state index >= 15 is 0 Å². The minimum absolute atomic E-state index is 0.0510. The van der Waals surface area contributed by atoms with Gasteiger partial charge in [-0.1, -0.05) is 38.5 Å². The molecule has 0 radical (unpaired) electrons. The van der Waals surface area contributed by atoms with Gasteiger partial charge in [-0.3, -0.25) is 14.4 Å². The predicted molar refractivity (Wildman–Crippen MR) is 149 cm³/mol. The van der Waals surface area contributed by atoms with Gasteiger partial charge in [-0.15, -0.1) is 0 Å². The summed E-state index contributed by atoms with van der Waals surface area (Å²) in [5.74, 6) is -3.54. The van der Waals surface area contributed by atoms with Crippen molar-refractivity contribution in [2.24, 2.45) is 17.8 Å². The highest BCUT2D eigenvalue weighted by Gasteiger charge is 2.46. The molecule has 0 saturated carbocycles. The fourth-order valence-corrected chi connectivity index (χ4v) is 5.86. The number of aliphatic hydroxyl groups excluding tert-OH is 2. The van der Waals surface area contributed by atoms with E-state index in [1.54, 1.807) is 45.9 Å². The second-order valence-corrected chi connectivity index (χ2v) is 12.2. The van der Waals surface area contributed by atoms with Gasteiger partial charge in [0.05, 0.1) is 23.7 Å². The van der Waals surface area contributed by atoms with Gasteiger partial charge in [0.15, 0.2) is 6.10 Å². The highest BCUT2D eigenvalue weighted by Crippen LogP contribution is 2.36. The summed E-state index contributed by atoms with van der Waals surface area (Å²) in [6.07, 6.45) is 2.61. The van der Waals surface area contributed by atoms with E-state index in [-0.39, 0.29) is 18.6 Å². The van der Waals surface area contributed by atoms with Crippen LogP contribution in [0.3, 0.4) is 0 Å². The fourth-order valence-electron chi connectivity index (χ4n) is 5.86. The number of hydrogen-bond donors (Lipinski definition) is 3. The molecular formula is C31H46O10. The monoisotopic (exact) mass is 578 g/mol. The van der Waals surface area contributed by atoms with Crippen molar-refractivity contribution in [2.75, 3.05) is 7.11 Å². The average molecular weight is 579 g/mol. The van der Waals surface area contributed by atoms with Gasteiger partial charge in [0.25, 0.3) is 0 Å². The number of ketones is 1. The van der Waals surface area contributed by atoms with Crippen LogP contribution < -0.4 is 0 Å². The smallest absolute Gasteiger partial charge is 0.313 e. The molecule has 0 spiro atoms. The molecule has 230 valence electrons. The molecule has 0 aromatic heterocycles. The minimum Gasteiger partial charge on any atom is -0.483 e. The number of ether oxygens (including phenoxy) is 4. The molecule has 3 heterocycles. The summed E-state index contributed by atoms with van der Waals surface area (Å²) in [7, 11) is 1.53. The Hall–Kier alpha value is -2.53. The van der Waals surface area contributed by atoms with Gasteiger partial charge < -0.3 is 34.3 Å². The van der Waals surface area contributed by atoms with Crippen molar-refractivity contribution in [3.63, 3.8) is 0 Å². The Morgan fingerprint density at radius 2 is 1.76 bits per heavy atom. The predicted octanol–water partition coefficient (Wildman–Crippen LogP) is 2.93. The number of aliphatic hydroxyl groups is 3. The standard InChI is InChI=1S/C31H46O10/c1-8-31-12-9-17(2)15-30(6,37)11-10-23(38-7)18(3)26(34)20(5)27(35)28-22(32)13-21(39-28)14-25(33)40-24(16-31)19(4)29(36)41-31/h9,12-13,15,18-20,23-24,26-28,34-35,37H,8,10-11,14,16H2,1-7H3/b12-9+,17-15+/t18-,19?,20+,23-,24?,26-,27+,28?,30?,31?/m0/s1. The lowest BCUT2D eigenvalue weighted by Crippen LogP contribution is -2.49. The van der Waals surface area contributed by atoms with Crippen LogP contribution >= 0.6 is 0 Å². The Kier molecular flexibility index (Phi) is 10.6. The Balaban J connectivity index is 1.96. The molecule has 3 aliphatic rings. The lowest BCUT2D eigenvalue weighted by Gasteiger charge is -2.40. The van der Waals surface area contributed by atoms with Crippen molar-refractivity contribution >= 4 is 17.7 Å². The van der Waals surface area contributed by atoms with Gasteiger partial charge >= 0.3 is 11.9 Å². The van der Waals surface area contributed by atoms with Crippen LogP contribution in [0.4, 0.5) is 0 Å². The van der Waals surface area contributed by atoms with Gasteiger partial charge in [-0.05, 0) is 46.1 Å². The first kappa shape index (κ1) is 33.0. The van der Waals surface area contributed by atoms with Crippen molar-refractivity contribution < 1.29 is 48.7 Å². The number of fused-ring (bicyclic) bond motifs is 4. The number of hydrogen-bond acceptors (Lipinski definition) is 10. The first-order chi connectivity index (χ1) is 19.1. The van der Waals surface area contributed by atoms with Crippen LogP contribution in [-0.4, -0.2) is 81.9 Å². The second kappa shape index (κ2) is 13.2. The van der Waals surface area contributed by atoms with Crippen LogP contribution in [0.15, 0.2) is 35.6 Å². The maximum atomic E-state index is 12.9. The molecule has 0 aromatic carbocycles. The topological polar surface area (TPSA) is 149 Å². The number of rotatable bonds is 2. The van der Waals surface area contributed by atoms with Crippen LogP contribution in [0.5, 0.6) is 0 Å². The fraction of sp³-hybridized carbons (Fsp3) is 0.710. The van der Waals surface area contributed by atoms with Gasteiger partial charge in [-0.2, -0.15) is 0 Å². The molecule has 0 aromatic rings. The third-order valence-corrected chi connectivity index (χ3v) is 8.78. The van der Waals surface area contributed by atoms with Crippen molar-refractivity contribution in [2.45, 2.75) is 115 Å². The van der Waals surface area contributed by atoms with E-state index in [1.807, 2.05) is 13.8 Å². The summed E-state index contributed by atoms with van der Waals surface area (Å²) in [6, 6.07) is 0. The lowest BCUT2D eigenvalue weighted by atomic mass is 9.81. The van der Waals surface area contributed by atoms with Crippen molar-refractivity contribution in [1.82, 2.24) is 0 Å². The molecule has 3 N–H and O–H groups in total. The van der Waals surface area contributed by atoms with Gasteiger partial charge in [-0.25, -0.2) is 0 Å². The Morgan fingerprint density at radius 1 is 1.07 bits per heavy atom. The maximum absolute atomic E-state index is 12.9. The van der Waals surface area contributed by atoms with E-state index in [1.165, 1.54) is 7.11 Å². The summed E-state index contributed by atoms with van der Waals surface area (Å²) in [6.45, 7) is 10.4. The summed E-state index contributed by atoms with van der Waals surface area (Å²) in [4.78, 5) is 38.4. The largest absolute Gasteiger partial charge is 0.483 e. The number of esters is 2. The molecule has 10 atom stereocenters. The SMILES string of the molecule is CCC12/C=C/C(C)=C/C(C)(O)CC[C@H](OC)[C@H](C)[C@H](O)[C@@H](C)[C@@H](O)C3OC(=CC3=O)CC(=O)OC(C1)C(C)C(=O)O2. The molecule has 0 amide bonds. The van der Waals surface area contributed by atoms with Crippen molar-refractivity contribution in [3.05, 3.63) is 35.6 Å². The van der Waals surface area contributed by atoms with E-state index in [0.29, 0.717) is 19.3 Å². The van der Waals surface area contributed by atoms with Crippen LogP contribution in [0, 0.1) is 17.8 Å². The molecule has 4 bridgehead atoms. The molecule has 1 saturated heterocycles. The maximum Gasteiger partial charge on any atom is 0.313 e. The molecule has 10 heteroatoms. The molecular weight excluding hydrogens is 532 g/mol. The third kappa shape index (κ3) is 7.85. The van der Waals surface area contributed by atoms with Crippen LogP contribution in [-0.2, 0) is 33.3 Å². The Labute approximate surface area is 242 Å². The first-order valence-corrected chi connectivity index (χ1v) is 14.5. The van der Waals surface area contributed by atoms with E-state index in [2.05, 4.69) is 0 Å². The van der Waals surface area contributed by atoms with E-state index < -0.39 is 77.2 Å². The highest BCUT2D eigenvalue weighted by molar-refractivity contribution is 5.97. The third-order valence-electron chi connectivity index (χ3n) is 8.78. The number of carbonyl (C=O) groups is 3. The normalized spacial score (nSPS) is 43.4. The van der Waals surface area contributed by atoms with Crippen molar-refractivity contribution in [3.8, 4) is 0 Å². The Bertz CT molecular complexity index is 1070. The van der Waals surface area contributed by atoms with Crippen molar-refractivity contribution in [1.29, 1.82) is 0 Å². The molecule has 41 heavy (non-hydrogen) atoms. The quantitative estimate of drug-likeness (QED) is 0.418. The van der Waals surface area contributed by atoms with E-state index in [4.69, 9.17) is 18.9 Å². The highest BCUT2D eigenvalue weighted by atomic mass is 16.6. The van der Waals surface area contributed by atoms with Gasteiger partial charge in [0.1, 0.15) is 30.0 Å². The average Bonchev–Trinajstić information content (AvgIpc) is 3.27. The molecule has 10 nitrogen and oxygen atoms in total. The number of methoxy groups -OCH3 is 1. The van der Waals surface area contributed by atoms with Gasteiger partial charge in [0.2, 0.25) is 5.78 Å². The molecule has 1 fully saturated rings. The van der Waals surface area contributed by atoms with E-state index in [9.17, 15) is 29.7 Å². The summed E-state index contributed by atoms with van der Waals surface area (Å²) < 4.78 is 22.8. The molecule has 3 rings (SSSR count). The summed E-state index contributed by atoms with van der Waals surface area (Å²) in [5.41, 5.74) is -1.47. The zero-order valence-electron chi connectivity index (χ0n) is 25.2. The van der Waals surface area contributed by atoms with Crippen LogP contribution in [0.2, 0.25) is 0 Å². The van der Waals surface area contributed by atoms with E-state index in [0.717, 1.165) is 11.6 Å². The molecule has 3 aliphatic heterocycles. The second-order valence-electron chi connectivity index (χ2n) is 12.2. The Morgan fingerprint density at radius 3 is 2.39 bits per heavy atom. The molecule has 0 aliphatic carbocycles. The first-order valence-electron chi connectivity index (χ1n) is 14.5. The number of carbonyl (C=O) groups excluding carboxylic acids is 3.